The lowest BCUT2D eigenvalue weighted by Crippen LogP contribution is -2.38. The number of carbonyl (C=O) groups is 1. The molecule has 0 aliphatic heterocycles. The second kappa shape index (κ2) is 6.46. The average Bonchev–Trinajstić information content (AvgIpc) is 3.20. The van der Waals surface area contributed by atoms with Gasteiger partial charge in [0.15, 0.2) is 0 Å². The van der Waals surface area contributed by atoms with Crippen molar-refractivity contribution in [2.24, 2.45) is 5.73 Å². The third-order valence-corrected chi connectivity index (χ3v) is 6.70. The molecule has 0 unspecified atom stereocenters. The fraction of sp³-hybridized carbons (Fsp3) is 0.133. The number of thiophene rings is 1. The number of rotatable bonds is 5. The van der Waals surface area contributed by atoms with Crippen LogP contribution in [0.3, 0.4) is 0 Å². The van der Waals surface area contributed by atoms with Gasteiger partial charge in [0, 0.05) is 12.4 Å². The Kier molecular flexibility index (Phi) is 4.56. The molecule has 3 rings (SSSR count). The Bertz CT molecular complexity index is 1110. The molecular weight excluding hydrogens is 407 g/mol. The summed E-state index contributed by atoms with van der Waals surface area (Å²) in [5.74, 6) is -1.45. The topological polar surface area (TPSA) is 94.6 Å². The van der Waals surface area contributed by atoms with Crippen molar-refractivity contribution >= 4 is 38.2 Å². The zero-order valence-electron chi connectivity index (χ0n) is 13.6. The van der Waals surface area contributed by atoms with Crippen molar-refractivity contribution in [1.82, 2.24) is 4.68 Å². The van der Waals surface area contributed by atoms with Crippen LogP contribution in [0.4, 0.5) is 13.2 Å². The van der Waals surface area contributed by atoms with Gasteiger partial charge in [0.05, 0.1) is 5.52 Å². The molecule has 0 bridgehead atoms. The summed E-state index contributed by atoms with van der Waals surface area (Å²) < 4.78 is 68.5. The Labute approximate surface area is 155 Å². The van der Waals surface area contributed by atoms with Gasteiger partial charge in [-0.2, -0.15) is 8.42 Å². The number of amides is 1. The van der Waals surface area contributed by atoms with E-state index in [2.05, 4.69) is 4.74 Å². The summed E-state index contributed by atoms with van der Waals surface area (Å²) in [4.78, 5) is 11.8. The summed E-state index contributed by atoms with van der Waals surface area (Å²) in [5, 5.41) is 1.73. The van der Waals surface area contributed by atoms with Gasteiger partial charge < -0.3 is 10.5 Å². The number of nitrogens with zero attached hydrogens (tertiary/aromatic N) is 2. The van der Waals surface area contributed by atoms with Gasteiger partial charge in [-0.25, -0.2) is 9.09 Å². The van der Waals surface area contributed by atoms with Gasteiger partial charge in [-0.05, 0) is 35.7 Å². The first kappa shape index (κ1) is 19.0. The maximum absolute atomic E-state index is 12.8. The number of alkyl halides is 3. The molecule has 0 atom stereocenters. The summed E-state index contributed by atoms with van der Waals surface area (Å²) >= 11 is 0.980. The van der Waals surface area contributed by atoms with Gasteiger partial charge in [-0.3, -0.25) is 4.79 Å². The van der Waals surface area contributed by atoms with E-state index in [4.69, 9.17) is 5.73 Å². The SMILES string of the molecule is CN(n1c(C(N)=O)cc2cc(OC(F)(F)F)ccc21)S(=O)(=O)c1cccs1. The highest BCUT2D eigenvalue weighted by Gasteiger charge is 2.32. The number of aromatic nitrogens is 1. The third-order valence-electron chi connectivity index (χ3n) is 3.61. The first-order valence-corrected chi connectivity index (χ1v) is 9.56. The van der Waals surface area contributed by atoms with Crippen LogP contribution < -0.4 is 14.9 Å². The zero-order valence-corrected chi connectivity index (χ0v) is 15.2. The van der Waals surface area contributed by atoms with Crippen LogP contribution in [-0.4, -0.2) is 32.4 Å². The molecule has 27 heavy (non-hydrogen) atoms. The number of nitrogens with two attached hydrogens (primary N) is 1. The predicted octanol–water partition coefficient (Wildman–Crippen LogP) is 2.66. The number of hydrogen-bond acceptors (Lipinski definition) is 5. The molecule has 0 radical (unpaired) electrons. The van der Waals surface area contributed by atoms with E-state index in [9.17, 15) is 26.4 Å². The van der Waals surface area contributed by atoms with Crippen molar-refractivity contribution in [1.29, 1.82) is 0 Å². The number of ether oxygens (including phenoxy) is 1. The van der Waals surface area contributed by atoms with Crippen LogP contribution in [0, 0.1) is 0 Å². The summed E-state index contributed by atoms with van der Waals surface area (Å²) in [5.41, 5.74) is 5.28. The van der Waals surface area contributed by atoms with Gasteiger partial charge >= 0.3 is 6.36 Å². The molecule has 0 saturated heterocycles. The van der Waals surface area contributed by atoms with E-state index in [0.29, 0.717) is 0 Å². The molecule has 144 valence electrons. The van der Waals surface area contributed by atoms with Crippen molar-refractivity contribution in [2.45, 2.75) is 10.6 Å². The maximum atomic E-state index is 12.8. The molecule has 2 aromatic heterocycles. The predicted molar refractivity (Wildman–Crippen MR) is 92.8 cm³/mol. The molecule has 1 aromatic carbocycles. The maximum Gasteiger partial charge on any atom is 0.573 e. The van der Waals surface area contributed by atoms with Crippen molar-refractivity contribution in [3.05, 3.63) is 47.5 Å². The minimum Gasteiger partial charge on any atom is -0.406 e. The van der Waals surface area contributed by atoms with Crippen LogP contribution in [0.1, 0.15) is 10.5 Å². The first-order chi connectivity index (χ1) is 12.5. The number of primary amides is 1. The second-order valence-corrected chi connectivity index (χ2v) is 8.47. The summed E-state index contributed by atoms with van der Waals surface area (Å²) in [7, 11) is -2.80. The molecule has 0 saturated carbocycles. The number of benzene rings is 1. The Morgan fingerprint density at radius 1 is 1.26 bits per heavy atom. The first-order valence-electron chi connectivity index (χ1n) is 7.24. The van der Waals surface area contributed by atoms with E-state index in [-0.39, 0.29) is 20.8 Å². The molecule has 0 spiro atoms. The van der Waals surface area contributed by atoms with E-state index in [1.807, 2.05) is 0 Å². The van der Waals surface area contributed by atoms with Gasteiger partial charge in [0.2, 0.25) is 0 Å². The lowest BCUT2D eigenvalue weighted by molar-refractivity contribution is -0.274. The number of sulfonamides is 1. The minimum atomic E-state index is -4.89. The number of hydrogen-bond donors (Lipinski definition) is 1. The average molecular weight is 419 g/mol. The van der Waals surface area contributed by atoms with E-state index >= 15 is 0 Å². The Balaban J connectivity index is 2.16. The molecule has 2 heterocycles. The van der Waals surface area contributed by atoms with Crippen molar-refractivity contribution in [3.8, 4) is 5.75 Å². The van der Waals surface area contributed by atoms with Crippen LogP contribution in [0.25, 0.3) is 10.9 Å². The van der Waals surface area contributed by atoms with Gasteiger partial charge in [-0.15, -0.1) is 24.5 Å². The standard InChI is InChI=1S/C15H12F3N3O4S2/c1-20(27(23,24)13-3-2-6-26-13)21-11-5-4-10(25-15(16,17)18)7-9(11)8-12(21)14(19)22/h2-8H,1H3,(H2,19,22). The fourth-order valence-corrected chi connectivity index (χ4v) is 4.83. The van der Waals surface area contributed by atoms with Gasteiger partial charge in [0.1, 0.15) is 15.7 Å². The number of fused-ring (bicyclic) bond motifs is 1. The molecular formula is C15H12F3N3O4S2. The fourth-order valence-electron chi connectivity index (χ4n) is 2.50. The third kappa shape index (κ3) is 3.57. The molecule has 7 nitrogen and oxygen atoms in total. The minimum absolute atomic E-state index is 0.0271. The lowest BCUT2D eigenvalue weighted by Gasteiger charge is -2.22. The Morgan fingerprint density at radius 2 is 1.96 bits per heavy atom. The van der Waals surface area contributed by atoms with Crippen molar-refractivity contribution in [2.75, 3.05) is 11.5 Å². The molecule has 2 N–H and O–H groups in total. The van der Waals surface area contributed by atoms with Crippen molar-refractivity contribution < 1.29 is 31.1 Å². The molecule has 12 heteroatoms. The highest BCUT2D eigenvalue weighted by Crippen LogP contribution is 2.30. The Morgan fingerprint density at radius 3 is 2.52 bits per heavy atom. The number of halogens is 3. The highest BCUT2D eigenvalue weighted by atomic mass is 32.2. The van der Waals surface area contributed by atoms with Crippen molar-refractivity contribution in [3.63, 3.8) is 0 Å². The monoisotopic (exact) mass is 419 g/mol. The molecule has 3 aromatic rings. The van der Waals surface area contributed by atoms with Crippen LogP contribution in [0.15, 0.2) is 46.0 Å². The van der Waals surface area contributed by atoms with Crippen LogP contribution >= 0.6 is 11.3 Å². The van der Waals surface area contributed by atoms with Gasteiger partial charge in [0.25, 0.3) is 15.9 Å². The highest BCUT2D eigenvalue weighted by molar-refractivity contribution is 7.94. The summed E-state index contributed by atoms with van der Waals surface area (Å²) in [6, 6.07) is 7.40. The quantitative estimate of drug-likeness (QED) is 0.688. The molecule has 1 amide bonds. The van der Waals surface area contributed by atoms with E-state index in [0.717, 1.165) is 32.6 Å². The smallest absolute Gasteiger partial charge is 0.406 e. The second-order valence-electron chi connectivity index (χ2n) is 5.35. The van der Waals surface area contributed by atoms with Crippen LogP contribution in [0.2, 0.25) is 0 Å². The molecule has 0 aliphatic carbocycles. The van der Waals surface area contributed by atoms with Gasteiger partial charge in [-0.1, -0.05) is 6.07 Å². The molecule has 0 fully saturated rings. The molecule has 0 aliphatic rings. The lowest BCUT2D eigenvalue weighted by atomic mass is 10.2. The largest absolute Gasteiger partial charge is 0.573 e. The van der Waals surface area contributed by atoms with E-state index in [1.54, 1.807) is 11.4 Å². The normalized spacial score (nSPS) is 12.3. The van der Waals surface area contributed by atoms with E-state index < -0.39 is 28.0 Å². The summed E-state index contributed by atoms with van der Waals surface area (Å²) in [6.07, 6.45) is -4.89. The zero-order chi connectivity index (χ0) is 20.0. The van der Waals surface area contributed by atoms with Crippen LogP contribution in [-0.2, 0) is 10.0 Å². The van der Waals surface area contributed by atoms with E-state index in [1.165, 1.54) is 25.2 Å². The Hall–Kier alpha value is -2.73. The van der Waals surface area contributed by atoms with Crippen LogP contribution in [0.5, 0.6) is 5.75 Å². The number of carbonyl (C=O) groups excluding carboxylic acids is 1. The summed E-state index contributed by atoms with van der Waals surface area (Å²) in [6.45, 7) is 0.